The van der Waals surface area contributed by atoms with Crippen LogP contribution >= 0.6 is 0 Å². The Bertz CT molecular complexity index is 845. The fourth-order valence-electron chi connectivity index (χ4n) is 1.85. The average Bonchev–Trinajstić information content (AvgIpc) is 2.58. The summed E-state index contributed by atoms with van der Waals surface area (Å²) in [5.74, 6) is 3.58. The monoisotopic (exact) mass is 320 g/mol. The van der Waals surface area contributed by atoms with Crippen LogP contribution in [-0.4, -0.2) is 35.7 Å². The predicted molar refractivity (Wildman–Crippen MR) is 92.8 cm³/mol. The third-order valence-electron chi connectivity index (χ3n) is 2.93. The van der Waals surface area contributed by atoms with E-state index in [2.05, 4.69) is 26.9 Å². The number of nitriles is 1. The summed E-state index contributed by atoms with van der Waals surface area (Å²) in [6.45, 7) is 0.135. The van der Waals surface area contributed by atoms with Crippen molar-refractivity contribution >= 4 is 23.5 Å². The number of benzene rings is 1. The van der Waals surface area contributed by atoms with Crippen molar-refractivity contribution in [2.45, 2.75) is 0 Å². The normalized spacial score (nSPS) is 10.6. The molecule has 0 atom stereocenters. The van der Waals surface area contributed by atoms with Crippen molar-refractivity contribution in [3.63, 3.8) is 0 Å². The zero-order valence-electron chi connectivity index (χ0n) is 13.4. The lowest BCUT2D eigenvalue weighted by atomic mass is 10.1. The van der Waals surface area contributed by atoms with E-state index >= 15 is 0 Å². The zero-order valence-corrected chi connectivity index (χ0v) is 13.4. The van der Waals surface area contributed by atoms with Gasteiger partial charge in [0, 0.05) is 19.7 Å². The highest BCUT2D eigenvalue weighted by atomic mass is 16.5. The second kappa shape index (κ2) is 7.61. The van der Waals surface area contributed by atoms with Crippen LogP contribution < -0.4 is 15.4 Å². The van der Waals surface area contributed by atoms with Gasteiger partial charge in [-0.2, -0.15) is 20.2 Å². The molecule has 0 aliphatic carbocycles. The minimum absolute atomic E-state index is 0.0433. The van der Waals surface area contributed by atoms with Gasteiger partial charge in [0.15, 0.2) is 5.82 Å². The van der Waals surface area contributed by atoms with Crippen molar-refractivity contribution in [2.24, 2.45) is 0 Å². The minimum Gasteiger partial charge on any atom is -0.480 e. The quantitative estimate of drug-likeness (QED) is 0.659. The number of terminal acetylenes is 1. The Morgan fingerprint density at radius 3 is 2.75 bits per heavy atom. The van der Waals surface area contributed by atoms with Gasteiger partial charge in [-0.15, -0.1) is 6.42 Å². The average molecular weight is 320 g/mol. The molecule has 7 nitrogen and oxygen atoms in total. The summed E-state index contributed by atoms with van der Waals surface area (Å²) in [6, 6.07) is 9.31. The topological polar surface area (TPSA) is 101 Å². The van der Waals surface area contributed by atoms with Crippen molar-refractivity contribution in [3.8, 4) is 24.2 Å². The number of nitrogens with two attached hydrogens (primary N) is 1. The van der Waals surface area contributed by atoms with Gasteiger partial charge in [-0.1, -0.05) is 24.1 Å². The molecule has 2 aromatic rings. The van der Waals surface area contributed by atoms with E-state index in [1.807, 2.05) is 12.1 Å². The largest absolute Gasteiger partial charge is 0.480 e. The van der Waals surface area contributed by atoms with Crippen molar-refractivity contribution < 1.29 is 4.74 Å². The van der Waals surface area contributed by atoms with Gasteiger partial charge in [0.05, 0.1) is 5.57 Å². The van der Waals surface area contributed by atoms with Crippen LogP contribution in [0.25, 0.3) is 11.6 Å². The molecule has 0 radical (unpaired) electrons. The molecule has 0 spiro atoms. The highest BCUT2D eigenvalue weighted by Gasteiger charge is 2.12. The number of nitrogens with zero attached hydrogens (tertiary/aromatic N) is 5. The Hall–Kier alpha value is -3.58. The maximum absolute atomic E-state index is 9.48. The molecule has 120 valence electrons. The number of hydrogen-bond acceptors (Lipinski definition) is 7. The van der Waals surface area contributed by atoms with Crippen LogP contribution in [0.4, 0.5) is 11.9 Å². The van der Waals surface area contributed by atoms with E-state index < -0.39 is 0 Å². The van der Waals surface area contributed by atoms with Crippen molar-refractivity contribution in [3.05, 3.63) is 35.7 Å². The van der Waals surface area contributed by atoms with Gasteiger partial charge in [0.25, 0.3) is 0 Å². The minimum atomic E-state index is 0.0433. The molecule has 1 aromatic heterocycles. The fourth-order valence-corrected chi connectivity index (χ4v) is 1.85. The summed E-state index contributed by atoms with van der Waals surface area (Å²) in [6.07, 6.45) is 6.84. The van der Waals surface area contributed by atoms with Gasteiger partial charge in [-0.25, -0.2) is 0 Å². The molecule has 2 N–H and O–H groups in total. The van der Waals surface area contributed by atoms with Crippen molar-refractivity contribution in [1.82, 2.24) is 15.0 Å². The Morgan fingerprint density at radius 2 is 2.08 bits per heavy atom. The second-order valence-electron chi connectivity index (χ2n) is 4.91. The van der Waals surface area contributed by atoms with Gasteiger partial charge in [0.1, 0.15) is 18.4 Å². The Morgan fingerprint density at radius 1 is 1.33 bits per heavy atom. The molecular weight excluding hydrogens is 304 g/mol. The van der Waals surface area contributed by atoms with E-state index in [0.717, 1.165) is 0 Å². The van der Waals surface area contributed by atoms with Crippen molar-refractivity contribution in [1.29, 1.82) is 5.26 Å². The molecule has 1 heterocycles. The maximum atomic E-state index is 9.48. The van der Waals surface area contributed by atoms with Crippen LogP contribution in [0.5, 0.6) is 5.75 Å². The first-order valence-corrected chi connectivity index (χ1v) is 7.01. The molecule has 0 bridgehead atoms. The first-order chi connectivity index (χ1) is 11.5. The van der Waals surface area contributed by atoms with Crippen molar-refractivity contribution in [2.75, 3.05) is 31.3 Å². The predicted octanol–water partition coefficient (Wildman–Crippen LogP) is 1.60. The Labute approximate surface area is 140 Å². The van der Waals surface area contributed by atoms with Gasteiger partial charge in [-0.05, 0) is 12.1 Å². The van der Waals surface area contributed by atoms with Crippen LogP contribution in [0.2, 0.25) is 0 Å². The summed E-state index contributed by atoms with van der Waals surface area (Å²) in [7, 11) is 3.55. The zero-order chi connectivity index (χ0) is 17.5. The lowest BCUT2D eigenvalue weighted by molar-refractivity contribution is 0.369. The lowest BCUT2D eigenvalue weighted by Gasteiger charge is -2.11. The molecule has 1 aromatic carbocycles. The van der Waals surface area contributed by atoms with E-state index in [1.54, 1.807) is 37.2 Å². The molecule has 7 heteroatoms. The van der Waals surface area contributed by atoms with E-state index in [1.165, 1.54) is 0 Å². The van der Waals surface area contributed by atoms with E-state index in [0.29, 0.717) is 17.3 Å². The number of ether oxygens (including phenoxy) is 1. The first-order valence-electron chi connectivity index (χ1n) is 7.01. The van der Waals surface area contributed by atoms with E-state index in [-0.39, 0.29) is 24.0 Å². The molecule has 0 saturated carbocycles. The third-order valence-corrected chi connectivity index (χ3v) is 2.93. The van der Waals surface area contributed by atoms with E-state index in [9.17, 15) is 5.26 Å². The van der Waals surface area contributed by atoms with Gasteiger partial charge in [-0.3, -0.25) is 0 Å². The number of anilines is 2. The van der Waals surface area contributed by atoms with Crippen LogP contribution in [0.15, 0.2) is 24.3 Å². The number of para-hydroxylation sites is 1. The molecule has 0 unspecified atom stereocenters. The molecule has 0 amide bonds. The Balaban J connectivity index is 2.48. The highest BCUT2D eigenvalue weighted by molar-refractivity contribution is 5.88. The van der Waals surface area contributed by atoms with Gasteiger partial charge < -0.3 is 15.4 Å². The molecule has 24 heavy (non-hydrogen) atoms. The number of nitrogen functional groups attached to an aromatic ring is 1. The number of aromatic nitrogens is 3. The van der Waals surface area contributed by atoms with Crippen LogP contribution in [0.1, 0.15) is 11.4 Å². The van der Waals surface area contributed by atoms with E-state index in [4.69, 9.17) is 16.9 Å². The smallest absolute Gasteiger partial charge is 0.230 e. The summed E-state index contributed by atoms with van der Waals surface area (Å²) in [5.41, 5.74) is 6.64. The second-order valence-corrected chi connectivity index (χ2v) is 4.91. The summed E-state index contributed by atoms with van der Waals surface area (Å²) in [5, 5.41) is 9.48. The Kier molecular flexibility index (Phi) is 5.32. The van der Waals surface area contributed by atoms with Gasteiger partial charge in [0.2, 0.25) is 11.9 Å². The van der Waals surface area contributed by atoms with Gasteiger partial charge >= 0.3 is 0 Å². The lowest BCUT2D eigenvalue weighted by Crippen LogP contribution is -2.15. The molecule has 0 aliphatic heterocycles. The molecule has 2 rings (SSSR count). The van der Waals surface area contributed by atoms with Crippen LogP contribution in [-0.2, 0) is 0 Å². The summed E-state index contributed by atoms with van der Waals surface area (Å²) >= 11 is 0. The molecule has 0 aliphatic rings. The molecular formula is C17H16N6O. The third kappa shape index (κ3) is 3.99. The molecule has 0 fully saturated rings. The van der Waals surface area contributed by atoms with Crippen LogP contribution in [0.3, 0.4) is 0 Å². The number of hydrogen-bond donors (Lipinski definition) is 1. The maximum Gasteiger partial charge on any atom is 0.230 e. The first kappa shape index (κ1) is 16.8. The number of allylic oxidation sites excluding steroid dienone is 1. The van der Waals surface area contributed by atoms with Crippen LogP contribution in [0, 0.1) is 23.7 Å². The molecule has 0 saturated heterocycles. The number of rotatable bonds is 5. The highest BCUT2D eigenvalue weighted by Crippen LogP contribution is 2.24. The summed E-state index contributed by atoms with van der Waals surface area (Å²) < 4.78 is 5.48. The SMILES string of the molecule is C#CCOc1ccccc1/C=C(\C#N)c1nc(N)nc(N(C)C)n1. The summed E-state index contributed by atoms with van der Waals surface area (Å²) in [4.78, 5) is 14.0. The standard InChI is InChI=1S/C17H16N6O/c1-4-9-24-14-8-6-5-7-12(14)10-13(11-18)15-20-16(19)22-17(21-15)23(2)3/h1,5-8,10H,9H2,2-3H3,(H2,19,20,21,22)/b13-10+. The fraction of sp³-hybridized carbons (Fsp3) is 0.176.